The van der Waals surface area contributed by atoms with Crippen molar-refractivity contribution in [3.05, 3.63) is 57.8 Å². The van der Waals surface area contributed by atoms with E-state index in [0.717, 1.165) is 19.6 Å². The van der Waals surface area contributed by atoms with Crippen LogP contribution in [0, 0.1) is 17.0 Å². The lowest BCUT2D eigenvalue weighted by atomic mass is 10.2. The summed E-state index contributed by atoms with van der Waals surface area (Å²) in [5.41, 5.74) is 1.88. The molecule has 0 saturated carbocycles. The average molecular weight is 357 g/mol. The lowest BCUT2D eigenvalue weighted by Crippen LogP contribution is -2.50. The van der Waals surface area contributed by atoms with Gasteiger partial charge in [-0.1, -0.05) is 30.3 Å². The van der Waals surface area contributed by atoms with E-state index in [2.05, 4.69) is 22.1 Å². The van der Waals surface area contributed by atoms with Crippen molar-refractivity contribution in [3.8, 4) is 0 Å². The van der Waals surface area contributed by atoms with Gasteiger partial charge in [0.05, 0.1) is 16.9 Å². The maximum absolute atomic E-state index is 12.8. The first-order chi connectivity index (χ1) is 12.5. The molecule has 1 atom stereocenters. The minimum atomic E-state index is -0.552. The summed E-state index contributed by atoms with van der Waals surface area (Å²) in [7, 11) is 0. The van der Waals surface area contributed by atoms with Crippen molar-refractivity contribution in [2.24, 2.45) is 0 Å². The molecule has 0 spiro atoms. The molecule has 1 unspecified atom stereocenters. The highest BCUT2D eigenvalue weighted by atomic mass is 16.6. The van der Waals surface area contributed by atoms with Crippen molar-refractivity contribution in [1.82, 2.24) is 19.6 Å². The second kappa shape index (κ2) is 7.65. The number of piperazine rings is 1. The van der Waals surface area contributed by atoms with Gasteiger partial charge in [0, 0.05) is 32.7 Å². The monoisotopic (exact) mass is 357 g/mol. The average Bonchev–Trinajstić information content (AvgIpc) is 3.04. The number of amides is 1. The van der Waals surface area contributed by atoms with Crippen LogP contribution in [0.4, 0.5) is 5.82 Å². The first-order valence-electron chi connectivity index (χ1n) is 8.71. The summed E-state index contributed by atoms with van der Waals surface area (Å²) >= 11 is 0. The zero-order valence-electron chi connectivity index (χ0n) is 15.0. The zero-order chi connectivity index (χ0) is 18.7. The van der Waals surface area contributed by atoms with Gasteiger partial charge in [0.2, 0.25) is 5.91 Å². The van der Waals surface area contributed by atoms with E-state index in [0.29, 0.717) is 18.8 Å². The molecule has 0 radical (unpaired) electrons. The Balaban J connectivity index is 1.58. The summed E-state index contributed by atoms with van der Waals surface area (Å²) < 4.78 is 1.44. The number of nitrogens with zero attached hydrogens (tertiary/aromatic N) is 5. The number of benzene rings is 1. The summed E-state index contributed by atoms with van der Waals surface area (Å²) in [6.45, 7) is 7.26. The predicted octanol–water partition coefficient (Wildman–Crippen LogP) is 2.01. The molecular weight excluding hydrogens is 334 g/mol. The van der Waals surface area contributed by atoms with Gasteiger partial charge in [0.1, 0.15) is 6.04 Å². The second-order valence-electron chi connectivity index (χ2n) is 6.61. The van der Waals surface area contributed by atoms with E-state index in [4.69, 9.17) is 0 Å². The molecule has 1 aromatic carbocycles. The van der Waals surface area contributed by atoms with Crippen LogP contribution in [-0.4, -0.2) is 56.6 Å². The van der Waals surface area contributed by atoms with E-state index < -0.39 is 11.0 Å². The minimum absolute atomic E-state index is 0.0505. The molecule has 2 aromatic rings. The van der Waals surface area contributed by atoms with E-state index in [1.54, 1.807) is 13.8 Å². The SMILES string of the molecule is Cc1cc([N+](=O)[O-])nn1C(C)C(=O)N1CCN(Cc2ccccc2)CC1. The number of carbonyl (C=O) groups excluding carboxylic acids is 1. The van der Waals surface area contributed by atoms with Crippen LogP contribution in [0.3, 0.4) is 0 Å². The van der Waals surface area contributed by atoms with Gasteiger partial charge in [-0.05, 0) is 24.3 Å². The Kier molecular flexibility index (Phi) is 5.32. The van der Waals surface area contributed by atoms with Crippen LogP contribution < -0.4 is 0 Å². The van der Waals surface area contributed by atoms with Crippen LogP contribution in [0.2, 0.25) is 0 Å². The molecule has 1 aliphatic rings. The first-order valence-corrected chi connectivity index (χ1v) is 8.71. The second-order valence-corrected chi connectivity index (χ2v) is 6.61. The van der Waals surface area contributed by atoms with E-state index in [1.165, 1.54) is 16.3 Å². The molecule has 1 saturated heterocycles. The summed E-state index contributed by atoms with van der Waals surface area (Å²) in [4.78, 5) is 27.3. The van der Waals surface area contributed by atoms with E-state index in [-0.39, 0.29) is 11.7 Å². The van der Waals surface area contributed by atoms with Crippen molar-refractivity contribution in [3.63, 3.8) is 0 Å². The van der Waals surface area contributed by atoms with Crippen molar-refractivity contribution in [1.29, 1.82) is 0 Å². The van der Waals surface area contributed by atoms with Gasteiger partial charge < -0.3 is 15.0 Å². The van der Waals surface area contributed by atoms with Gasteiger partial charge in [0.25, 0.3) is 0 Å². The Bertz CT molecular complexity index is 781. The summed E-state index contributed by atoms with van der Waals surface area (Å²) in [5, 5.41) is 14.8. The predicted molar refractivity (Wildman–Crippen MR) is 96.6 cm³/mol. The van der Waals surface area contributed by atoms with Crippen molar-refractivity contribution in [2.75, 3.05) is 26.2 Å². The van der Waals surface area contributed by atoms with E-state index in [9.17, 15) is 14.9 Å². The lowest BCUT2D eigenvalue weighted by molar-refractivity contribution is -0.389. The molecule has 1 amide bonds. The summed E-state index contributed by atoms with van der Waals surface area (Å²) in [6, 6.07) is 11.1. The highest BCUT2D eigenvalue weighted by molar-refractivity contribution is 5.80. The fourth-order valence-electron chi connectivity index (χ4n) is 3.29. The van der Waals surface area contributed by atoms with Crippen molar-refractivity contribution >= 4 is 11.7 Å². The van der Waals surface area contributed by atoms with Crippen LogP contribution >= 0.6 is 0 Å². The smallest absolute Gasteiger partial charge is 0.358 e. The third kappa shape index (κ3) is 3.91. The van der Waals surface area contributed by atoms with Gasteiger partial charge in [-0.15, -0.1) is 0 Å². The van der Waals surface area contributed by atoms with Gasteiger partial charge in [-0.2, -0.15) is 4.68 Å². The molecule has 1 fully saturated rings. The molecule has 0 aliphatic carbocycles. The molecule has 3 rings (SSSR count). The Hall–Kier alpha value is -2.74. The molecule has 8 heteroatoms. The Labute approximate surface area is 152 Å². The quantitative estimate of drug-likeness (QED) is 0.604. The molecule has 0 N–H and O–H groups in total. The van der Waals surface area contributed by atoms with Gasteiger partial charge >= 0.3 is 5.82 Å². The zero-order valence-corrected chi connectivity index (χ0v) is 15.0. The van der Waals surface area contributed by atoms with Crippen LogP contribution in [0.1, 0.15) is 24.2 Å². The lowest BCUT2D eigenvalue weighted by Gasteiger charge is -2.35. The normalized spacial score (nSPS) is 16.5. The van der Waals surface area contributed by atoms with Crippen molar-refractivity contribution in [2.45, 2.75) is 26.4 Å². The van der Waals surface area contributed by atoms with Crippen molar-refractivity contribution < 1.29 is 9.72 Å². The number of hydrogen-bond donors (Lipinski definition) is 0. The molecular formula is C18H23N5O3. The van der Waals surface area contributed by atoms with Crippen LogP contribution in [-0.2, 0) is 11.3 Å². The first kappa shape index (κ1) is 18.1. The molecule has 2 heterocycles. The molecule has 1 aromatic heterocycles. The van der Waals surface area contributed by atoms with Gasteiger partial charge in [-0.25, -0.2) is 0 Å². The number of aryl methyl sites for hydroxylation is 1. The number of nitro groups is 1. The van der Waals surface area contributed by atoms with Gasteiger partial charge in [0.15, 0.2) is 0 Å². The van der Waals surface area contributed by atoms with Crippen LogP contribution in [0.15, 0.2) is 36.4 Å². The van der Waals surface area contributed by atoms with Gasteiger partial charge in [-0.3, -0.25) is 9.69 Å². The molecule has 1 aliphatic heterocycles. The Morgan fingerprint density at radius 1 is 1.23 bits per heavy atom. The molecule has 8 nitrogen and oxygen atoms in total. The number of aromatic nitrogens is 2. The Morgan fingerprint density at radius 3 is 2.46 bits per heavy atom. The number of rotatable bonds is 5. The molecule has 0 bridgehead atoms. The Morgan fingerprint density at radius 2 is 1.88 bits per heavy atom. The highest BCUT2D eigenvalue weighted by Crippen LogP contribution is 2.19. The molecule has 26 heavy (non-hydrogen) atoms. The number of carbonyl (C=O) groups is 1. The topological polar surface area (TPSA) is 84.5 Å². The molecule has 138 valence electrons. The number of hydrogen-bond acceptors (Lipinski definition) is 5. The minimum Gasteiger partial charge on any atom is -0.358 e. The van der Waals surface area contributed by atoms with Crippen LogP contribution in [0.5, 0.6) is 0 Å². The standard InChI is InChI=1S/C18H23N5O3/c1-14-12-17(23(25)26)19-22(14)15(2)18(24)21-10-8-20(9-11-21)13-16-6-4-3-5-7-16/h3-7,12,15H,8-11,13H2,1-2H3. The van der Waals surface area contributed by atoms with E-state index in [1.807, 2.05) is 23.1 Å². The van der Waals surface area contributed by atoms with Crippen LogP contribution in [0.25, 0.3) is 0 Å². The fraction of sp³-hybridized carbons (Fsp3) is 0.444. The fourth-order valence-corrected chi connectivity index (χ4v) is 3.29. The third-order valence-corrected chi connectivity index (χ3v) is 4.75. The van der Waals surface area contributed by atoms with E-state index >= 15 is 0 Å². The third-order valence-electron chi connectivity index (χ3n) is 4.75. The summed E-state index contributed by atoms with van der Waals surface area (Å²) in [5.74, 6) is -0.278. The summed E-state index contributed by atoms with van der Waals surface area (Å²) in [6.07, 6.45) is 0. The largest absolute Gasteiger partial charge is 0.390 e. The highest BCUT2D eigenvalue weighted by Gasteiger charge is 2.30. The maximum atomic E-state index is 12.8. The maximum Gasteiger partial charge on any atom is 0.390 e.